The number of hydrogen-bond acceptors (Lipinski definition) is 5. The molecule has 0 aliphatic carbocycles. The Balaban J connectivity index is 2.60. The predicted molar refractivity (Wildman–Crippen MR) is 76.4 cm³/mol. The molecule has 1 aromatic heterocycles. The van der Waals surface area contributed by atoms with Crippen molar-refractivity contribution in [3.05, 3.63) is 28.4 Å². The largest absolute Gasteiger partial charge is 0.386 e. The van der Waals surface area contributed by atoms with Gasteiger partial charge in [0.25, 0.3) is 0 Å². The molecule has 0 unspecified atom stereocenters. The van der Waals surface area contributed by atoms with Crippen molar-refractivity contribution < 1.29 is 4.92 Å². The molecule has 0 saturated heterocycles. The molecule has 1 N–H and O–H groups in total. The average molecular weight is 266 g/mol. The molecule has 6 nitrogen and oxygen atoms in total. The third kappa shape index (κ3) is 4.48. The smallest absolute Gasteiger partial charge is 0.377 e. The minimum Gasteiger partial charge on any atom is -0.377 e. The van der Waals surface area contributed by atoms with Crippen LogP contribution < -0.4 is 5.32 Å². The van der Waals surface area contributed by atoms with E-state index < -0.39 is 4.92 Å². The Morgan fingerprint density at radius 3 is 2.53 bits per heavy atom. The Bertz CT molecular complexity index is 413. The highest BCUT2D eigenvalue weighted by Gasteiger charge is 2.15. The van der Waals surface area contributed by atoms with E-state index in [-0.39, 0.29) is 5.82 Å². The summed E-state index contributed by atoms with van der Waals surface area (Å²) in [6.07, 6.45) is 1.43. The molecule has 1 aromatic rings. The van der Waals surface area contributed by atoms with Crippen LogP contribution >= 0.6 is 0 Å². The maximum absolute atomic E-state index is 10.8. The van der Waals surface area contributed by atoms with Crippen LogP contribution in [0.3, 0.4) is 0 Å². The third-order valence-corrected chi connectivity index (χ3v) is 2.97. The molecule has 0 amide bonds. The molecule has 0 saturated carbocycles. The maximum Gasteiger partial charge on any atom is 0.386 e. The molecule has 0 aliphatic heterocycles. The second-order valence-corrected chi connectivity index (χ2v) is 4.98. The fourth-order valence-corrected chi connectivity index (χ4v) is 2.11. The minimum atomic E-state index is -0.467. The zero-order valence-corrected chi connectivity index (χ0v) is 12.0. The molecule has 19 heavy (non-hydrogen) atoms. The van der Waals surface area contributed by atoms with E-state index in [1.165, 1.54) is 6.20 Å². The topological polar surface area (TPSA) is 71.3 Å². The van der Waals surface area contributed by atoms with Crippen molar-refractivity contribution in [3.63, 3.8) is 0 Å². The molecule has 6 heteroatoms. The summed E-state index contributed by atoms with van der Waals surface area (Å²) in [6.45, 7) is 10.1. The van der Waals surface area contributed by atoms with E-state index in [4.69, 9.17) is 0 Å². The van der Waals surface area contributed by atoms with Gasteiger partial charge >= 0.3 is 5.82 Å². The number of rotatable bonds is 7. The lowest BCUT2D eigenvalue weighted by molar-refractivity contribution is -0.388. The van der Waals surface area contributed by atoms with Gasteiger partial charge in [0, 0.05) is 25.2 Å². The standard InChI is InChI=1S/C13H22N4O2/c1-10(2)16(11(3)4)9-8-14-12-6-5-7-15-13(12)17(18)19/h5-7,10-11,14H,8-9H2,1-4H3. The lowest BCUT2D eigenvalue weighted by Crippen LogP contribution is -2.40. The predicted octanol–water partition coefficient (Wildman–Crippen LogP) is 2.52. The van der Waals surface area contributed by atoms with E-state index in [0.29, 0.717) is 24.3 Å². The minimum absolute atomic E-state index is 0.122. The van der Waals surface area contributed by atoms with Gasteiger partial charge in [-0.15, -0.1) is 0 Å². The molecule has 0 atom stereocenters. The van der Waals surface area contributed by atoms with E-state index in [0.717, 1.165) is 6.54 Å². The fraction of sp³-hybridized carbons (Fsp3) is 0.615. The summed E-state index contributed by atoms with van der Waals surface area (Å²) in [5, 5.41) is 13.9. The number of aromatic nitrogens is 1. The lowest BCUT2D eigenvalue weighted by atomic mass is 10.2. The number of hydrogen-bond donors (Lipinski definition) is 1. The number of nitro groups is 1. The molecule has 106 valence electrons. The zero-order valence-electron chi connectivity index (χ0n) is 12.0. The SMILES string of the molecule is CC(C)N(CCNc1cccnc1[N+](=O)[O-])C(C)C. The highest BCUT2D eigenvalue weighted by Crippen LogP contribution is 2.19. The summed E-state index contributed by atoms with van der Waals surface area (Å²) < 4.78 is 0. The van der Waals surface area contributed by atoms with Gasteiger partial charge in [0.2, 0.25) is 0 Å². The highest BCUT2D eigenvalue weighted by molar-refractivity contribution is 5.56. The van der Waals surface area contributed by atoms with Crippen molar-refractivity contribution in [2.24, 2.45) is 0 Å². The van der Waals surface area contributed by atoms with Crippen molar-refractivity contribution in [2.45, 2.75) is 39.8 Å². The van der Waals surface area contributed by atoms with Crippen molar-refractivity contribution in [3.8, 4) is 0 Å². The van der Waals surface area contributed by atoms with E-state index in [2.05, 4.69) is 42.9 Å². The van der Waals surface area contributed by atoms with Gasteiger partial charge in [0.15, 0.2) is 0 Å². The molecule has 0 fully saturated rings. The van der Waals surface area contributed by atoms with Gasteiger partial charge in [-0.3, -0.25) is 4.90 Å². The van der Waals surface area contributed by atoms with Crippen molar-refractivity contribution in [2.75, 3.05) is 18.4 Å². The Morgan fingerprint density at radius 2 is 2.00 bits per heavy atom. The molecule has 0 spiro atoms. The molecule has 0 bridgehead atoms. The van der Waals surface area contributed by atoms with Crippen molar-refractivity contribution in [1.29, 1.82) is 0 Å². The average Bonchev–Trinajstić information content (AvgIpc) is 2.33. The van der Waals surface area contributed by atoms with Crippen LogP contribution in [0, 0.1) is 10.1 Å². The van der Waals surface area contributed by atoms with Crippen LogP contribution in [0.1, 0.15) is 27.7 Å². The first-order valence-corrected chi connectivity index (χ1v) is 6.52. The summed E-state index contributed by atoms with van der Waals surface area (Å²) in [5.41, 5.74) is 0.472. The van der Waals surface area contributed by atoms with Crippen molar-refractivity contribution >= 4 is 11.5 Å². The Labute approximate surface area is 114 Å². The van der Waals surface area contributed by atoms with E-state index >= 15 is 0 Å². The van der Waals surface area contributed by atoms with Crippen LogP contribution in [0.4, 0.5) is 11.5 Å². The van der Waals surface area contributed by atoms with Crippen LogP contribution in [0.2, 0.25) is 0 Å². The number of nitrogens with one attached hydrogen (secondary N) is 1. The van der Waals surface area contributed by atoms with Crippen LogP contribution in [0.25, 0.3) is 0 Å². The Kier molecular flexibility index (Phi) is 5.69. The zero-order chi connectivity index (χ0) is 14.4. The molecular formula is C13H22N4O2. The maximum atomic E-state index is 10.8. The van der Waals surface area contributed by atoms with Crippen molar-refractivity contribution in [1.82, 2.24) is 9.88 Å². The second-order valence-electron chi connectivity index (χ2n) is 4.98. The summed E-state index contributed by atoms with van der Waals surface area (Å²) >= 11 is 0. The summed E-state index contributed by atoms with van der Waals surface area (Å²) in [6, 6.07) is 4.27. The van der Waals surface area contributed by atoms with Gasteiger partial charge in [0.05, 0.1) is 0 Å². The van der Waals surface area contributed by atoms with E-state index in [1.54, 1.807) is 12.1 Å². The van der Waals surface area contributed by atoms with Gasteiger partial charge in [-0.25, -0.2) is 0 Å². The second kappa shape index (κ2) is 7.04. The molecule has 0 aliphatic rings. The quantitative estimate of drug-likeness (QED) is 0.606. The first kappa shape index (κ1) is 15.4. The van der Waals surface area contributed by atoms with Gasteiger partial charge < -0.3 is 15.4 Å². The summed E-state index contributed by atoms with van der Waals surface area (Å²) in [4.78, 5) is 16.5. The van der Waals surface area contributed by atoms with Gasteiger partial charge in [-0.1, -0.05) is 0 Å². The number of anilines is 1. The van der Waals surface area contributed by atoms with Gasteiger partial charge in [-0.05, 0) is 49.7 Å². The Hall–Kier alpha value is -1.69. The first-order chi connectivity index (χ1) is 8.93. The lowest BCUT2D eigenvalue weighted by Gasteiger charge is -2.30. The summed E-state index contributed by atoms with van der Waals surface area (Å²) in [5.74, 6) is -0.122. The number of nitrogens with zero attached hydrogens (tertiary/aromatic N) is 3. The monoisotopic (exact) mass is 266 g/mol. The van der Waals surface area contributed by atoms with Crippen LogP contribution in [-0.2, 0) is 0 Å². The third-order valence-electron chi connectivity index (χ3n) is 2.97. The Morgan fingerprint density at radius 1 is 1.37 bits per heavy atom. The van der Waals surface area contributed by atoms with Crippen LogP contribution in [-0.4, -0.2) is 40.0 Å². The first-order valence-electron chi connectivity index (χ1n) is 6.52. The molecule has 0 aromatic carbocycles. The van der Waals surface area contributed by atoms with E-state index in [1.807, 2.05) is 0 Å². The number of pyridine rings is 1. The molecular weight excluding hydrogens is 244 g/mol. The fourth-order valence-electron chi connectivity index (χ4n) is 2.11. The van der Waals surface area contributed by atoms with Crippen LogP contribution in [0.5, 0.6) is 0 Å². The van der Waals surface area contributed by atoms with Crippen LogP contribution in [0.15, 0.2) is 18.3 Å². The summed E-state index contributed by atoms with van der Waals surface area (Å²) in [7, 11) is 0. The highest BCUT2D eigenvalue weighted by atomic mass is 16.6. The normalized spacial score (nSPS) is 11.3. The van der Waals surface area contributed by atoms with Gasteiger partial charge in [0.1, 0.15) is 11.9 Å². The molecule has 1 rings (SSSR count). The van der Waals surface area contributed by atoms with E-state index in [9.17, 15) is 10.1 Å². The van der Waals surface area contributed by atoms with Gasteiger partial charge in [-0.2, -0.15) is 0 Å². The molecule has 0 radical (unpaired) electrons. The molecule has 1 heterocycles.